The van der Waals surface area contributed by atoms with Crippen LogP contribution in [0, 0.1) is 0 Å². The van der Waals surface area contributed by atoms with Gasteiger partial charge in [-0.15, -0.1) is 0 Å². The summed E-state index contributed by atoms with van der Waals surface area (Å²) in [4.78, 5) is 4.12. The molecule has 0 saturated carbocycles. The zero-order valence-electron chi connectivity index (χ0n) is 10.2. The Morgan fingerprint density at radius 3 is 2.75 bits per heavy atom. The van der Waals surface area contributed by atoms with Crippen molar-refractivity contribution in [1.82, 2.24) is 10.3 Å². The Morgan fingerprint density at radius 1 is 1.50 bits per heavy atom. The monoisotopic (exact) mass is 223 g/mol. The van der Waals surface area contributed by atoms with Crippen molar-refractivity contribution in [3.63, 3.8) is 0 Å². The molecule has 3 N–H and O–H groups in total. The van der Waals surface area contributed by atoms with E-state index in [-0.39, 0.29) is 12.1 Å². The molecule has 0 amide bonds. The van der Waals surface area contributed by atoms with Gasteiger partial charge in [0.2, 0.25) is 0 Å². The van der Waals surface area contributed by atoms with Gasteiger partial charge in [0.25, 0.3) is 0 Å². The number of hydrogen-bond acceptors (Lipinski definition) is 4. The molecular weight excluding hydrogens is 202 g/mol. The predicted molar refractivity (Wildman–Crippen MR) is 66.2 cm³/mol. The molecule has 2 atom stereocenters. The van der Waals surface area contributed by atoms with Crippen LogP contribution in [0.3, 0.4) is 0 Å². The van der Waals surface area contributed by atoms with Crippen molar-refractivity contribution in [3.05, 3.63) is 24.0 Å². The Labute approximate surface area is 97.2 Å². The molecule has 0 saturated heterocycles. The first-order chi connectivity index (χ1) is 7.74. The highest BCUT2D eigenvalue weighted by Crippen LogP contribution is 2.25. The molecule has 0 aliphatic rings. The molecule has 1 rings (SSSR count). The van der Waals surface area contributed by atoms with Gasteiger partial charge in [0.1, 0.15) is 0 Å². The lowest BCUT2D eigenvalue weighted by Crippen LogP contribution is -2.33. The van der Waals surface area contributed by atoms with Gasteiger partial charge < -0.3 is 15.8 Å². The van der Waals surface area contributed by atoms with Crippen LogP contribution < -0.4 is 11.1 Å². The molecule has 0 spiro atoms. The number of nitrogens with one attached hydrogen (secondary N) is 1. The number of ether oxygens (including phenoxy) is 1. The lowest BCUT2D eigenvalue weighted by Gasteiger charge is -2.26. The lowest BCUT2D eigenvalue weighted by atomic mass is 9.99. The first-order valence-corrected chi connectivity index (χ1v) is 5.70. The molecule has 0 radical (unpaired) electrons. The van der Waals surface area contributed by atoms with Gasteiger partial charge in [-0.25, -0.2) is 0 Å². The summed E-state index contributed by atoms with van der Waals surface area (Å²) in [5.41, 5.74) is 7.74. The number of anilines is 1. The number of hydrogen-bond donors (Lipinski definition) is 2. The molecule has 0 fully saturated rings. The van der Waals surface area contributed by atoms with E-state index in [9.17, 15) is 0 Å². The Bertz CT molecular complexity index is 313. The smallest absolute Gasteiger partial charge is 0.0764 e. The van der Waals surface area contributed by atoms with Gasteiger partial charge in [0.15, 0.2) is 0 Å². The van der Waals surface area contributed by atoms with E-state index in [4.69, 9.17) is 10.5 Å². The number of likely N-dealkylation sites (N-methyl/N-ethyl adjacent to an activating group) is 1. The summed E-state index contributed by atoms with van der Waals surface area (Å²) in [6.45, 7) is 5.05. The van der Waals surface area contributed by atoms with Crippen molar-refractivity contribution in [2.24, 2.45) is 0 Å². The third-order valence-corrected chi connectivity index (χ3v) is 2.72. The van der Waals surface area contributed by atoms with E-state index in [0.717, 1.165) is 24.2 Å². The van der Waals surface area contributed by atoms with Crippen molar-refractivity contribution >= 4 is 5.69 Å². The summed E-state index contributed by atoms with van der Waals surface area (Å²) < 4.78 is 5.48. The summed E-state index contributed by atoms with van der Waals surface area (Å²) in [6, 6.07) is 1.93. The third-order valence-electron chi connectivity index (χ3n) is 2.72. The molecule has 90 valence electrons. The van der Waals surface area contributed by atoms with Crippen LogP contribution in [0.1, 0.15) is 31.9 Å². The van der Waals surface area contributed by atoms with Crippen molar-refractivity contribution in [1.29, 1.82) is 0 Å². The van der Waals surface area contributed by atoms with Crippen LogP contribution in [0.15, 0.2) is 18.5 Å². The SMILES string of the molecule is CCNC(c1cnccc1N)C(CC)OC. The van der Waals surface area contributed by atoms with Gasteiger partial charge in [0, 0.05) is 30.8 Å². The van der Waals surface area contributed by atoms with Crippen molar-refractivity contribution < 1.29 is 4.74 Å². The van der Waals surface area contributed by atoms with E-state index in [1.165, 1.54) is 0 Å². The number of aromatic nitrogens is 1. The molecule has 0 aliphatic heterocycles. The molecule has 4 heteroatoms. The maximum Gasteiger partial charge on any atom is 0.0764 e. The molecule has 4 nitrogen and oxygen atoms in total. The molecule has 16 heavy (non-hydrogen) atoms. The zero-order valence-corrected chi connectivity index (χ0v) is 10.2. The summed E-state index contributed by atoms with van der Waals surface area (Å²) in [5, 5.41) is 3.40. The highest BCUT2D eigenvalue weighted by molar-refractivity contribution is 5.46. The van der Waals surface area contributed by atoms with Gasteiger partial charge in [0.05, 0.1) is 12.1 Å². The number of nitrogens with two attached hydrogens (primary N) is 1. The lowest BCUT2D eigenvalue weighted by molar-refractivity contribution is 0.0657. The van der Waals surface area contributed by atoms with Crippen LogP contribution in [-0.2, 0) is 4.74 Å². The fourth-order valence-electron chi connectivity index (χ4n) is 1.88. The van der Waals surface area contributed by atoms with E-state index < -0.39 is 0 Å². The minimum atomic E-state index is 0.105. The largest absolute Gasteiger partial charge is 0.398 e. The number of nitrogen functional groups attached to an aromatic ring is 1. The Morgan fingerprint density at radius 2 is 2.25 bits per heavy atom. The molecule has 2 unspecified atom stereocenters. The second-order valence-corrected chi connectivity index (χ2v) is 3.72. The second kappa shape index (κ2) is 6.45. The first-order valence-electron chi connectivity index (χ1n) is 5.70. The average molecular weight is 223 g/mol. The van der Waals surface area contributed by atoms with E-state index in [1.807, 2.05) is 12.3 Å². The third kappa shape index (κ3) is 2.93. The highest BCUT2D eigenvalue weighted by atomic mass is 16.5. The van der Waals surface area contributed by atoms with Gasteiger partial charge in [-0.3, -0.25) is 4.98 Å². The van der Waals surface area contributed by atoms with Crippen LogP contribution >= 0.6 is 0 Å². The van der Waals surface area contributed by atoms with Gasteiger partial charge in [-0.2, -0.15) is 0 Å². The van der Waals surface area contributed by atoms with Crippen LogP contribution in [0.4, 0.5) is 5.69 Å². The molecule has 0 bridgehead atoms. The van der Waals surface area contributed by atoms with Crippen molar-refractivity contribution in [3.8, 4) is 0 Å². The van der Waals surface area contributed by atoms with Crippen LogP contribution in [-0.4, -0.2) is 24.7 Å². The van der Waals surface area contributed by atoms with E-state index in [2.05, 4.69) is 24.1 Å². The number of nitrogens with zero attached hydrogens (tertiary/aromatic N) is 1. The maximum absolute atomic E-state index is 5.96. The summed E-state index contributed by atoms with van der Waals surface area (Å²) in [5.74, 6) is 0. The molecular formula is C12H21N3O. The highest BCUT2D eigenvalue weighted by Gasteiger charge is 2.22. The fourth-order valence-corrected chi connectivity index (χ4v) is 1.88. The normalized spacial score (nSPS) is 14.7. The molecule has 1 aromatic heterocycles. The fraction of sp³-hybridized carbons (Fsp3) is 0.583. The maximum atomic E-state index is 5.96. The van der Waals surface area contributed by atoms with Crippen molar-refractivity contribution in [2.45, 2.75) is 32.4 Å². The topological polar surface area (TPSA) is 60.2 Å². The molecule has 1 heterocycles. The standard InChI is InChI=1S/C12H21N3O/c1-4-11(16-3)12(15-5-2)9-8-14-7-6-10(9)13/h6-8,11-12,15H,4-5H2,1-3H3,(H2,13,14). The van der Waals surface area contributed by atoms with E-state index in [1.54, 1.807) is 13.3 Å². The van der Waals surface area contributed by atoms with E-state index >= 15 is 0 Å². The number of rotatable bonds is 6. The second-order valence-electron chi connectivity index (χ2n) is 3.72. The van der Waals surface area contributed by atoms with Crippen LogP contribution in [0.25, 0.3) is 0 Å². The Kier molecular flexibility index (Phi) is 5.22. The predicted octanol–water partition coefficient (Wildman–Crippen LogP) is 1.74. The van der Waals surface area contributed by atoms with Gasteiger partial charge in [-0.1, -0.05) is 13.8 Å². The van der Waals surface area contributed by atoms with Crippen LogP contribution in [0.2, 0.25) is 0 Å². The summed E-state index contributed by atoms with van der Waals surface area (Å²) in [7, 11) is 1.73. The van der Waals surface area contributed by atoms with Crippen molar-refractivity contribution in [2.75, 3.05) is 19.4 Å². The summed E-state index contributed by atoms with van der Waals surface area (Å²) >= 11 is 0. The first kappa shape index (κ1) is 12.9. The Hall–Kier alpha value is -1.13. The van der Waals surface area contributed by atoms with Gasteiger partial charge in [-0.05, 0) is 19.0 Å². The number of pyridine rings is 1. The quantitative estimate of drug-likeness (QED) is 0.771. The summed E-state index contributed by atoms with van der Waals surface area (Å²) in [6.07, 6.45) is 4.56. The number of methoxy groups -OCH3 is 1. The molecule has 0 aromatic carbocycles. The van der Waals surface area contributed by atoms with Crippen LogP contribution in [0.5, 0.6) is 0 Å². The Balaban J connectivity index is 2.97. The molecule has 0 aliphatic carbocycles. The zero-order chi connectivity index (χ0) is 12.0. The molecule has 1 aromatic rings. The van der Waals surface area contributed by atoms with E-state index in [0.29, 0.717) is 0 Å². The van der Waals surface area contributed by atoms with Gasteiger partial charge >= 0.3 is 0 Å². The minimum Gasteiger partial charge on any atom is -0.398 e. The minimum absolute atomic E-state index is 0.105. The average Bonchev–Trinajstić information content (AvgIpc) is 2.30.